The molecule has 9 rings (SSSR count). The van der Waals surface area contributed by atoms with Crippen molar-refractivity contribution in [3.05, 3.63) is 40.1 Å². The first-order valence-corrected chi connectivity index (χ1v) is 15.2. The number of hydrogen-bond acceptors (Lipinski definition) is 9. The number of ether oxygens (including phenoxy) is 3. The summed E-state index contributed by atoms with van der Waals surface area (Å²) in [5, 5.41) is 10.2. The van der Waals surface area contributed by atoms with Gasteiger partial charge in [-0.3, -0.25) is 4.90 Å². The molecule has 0 radical (unpaired) electrons. The van der Waals surface area contributed by atoms with Crippen molar-refractivity contribution >= 4 is 11.5 Å². The molecule has 3 aliphatic carbocycles. The molecule has 1 spiro atoms. The van der Waals surface area contributed by atoms with Gasteiger partial charge in [0.25, 0.3) is 0 Å². The maximum atomic E-state index is 14.4. The van der Waals surface area contributed by atoms with E-state index in [4.69, 9.17) is 29.9 Å². The van der Waals surface area contributed by atoms with Gasteiger partial charge in [-0.2, -0.15) is 15.2 Å². The van der Waals surface area contributed by atoms with Gasteiger partial charge >= 0.3 is 6.01 Å². The normalized spacial score (nSPS) is 33.9. The average Bonchev–Trinajstić information content (AvgIpc) is 3.32. The number of nitriles is 1. The molecule has 1 saturated carbocycles. The molecule has 2 bridgehead atoms. The number of aromatic nitrogens is 2. The second kappa shape index (κ2) is 9.51. The molecule has 2 N–H and O–H groups in total. The highest BCUT2D eigenvalue weighted by atomic mass is 19.1. The van der Waals surface area contributed by atoms with E-state index in [1.54, 1.807) is 0 Å². The molecule has 1 unspecified atom stereocenters. The van der Waals surface area contributed by atoms with Crippen LogP contribution in [0.15, 0.2) is 12.1 Å². The molecule has 216 valence electrons. The Kier molecular flexibility index (Phi) is 5.96. The molecule has 0 amide bonds. The number of benzene rings is 1. The van der Waals surface area contributed by atoms with Crippen molar-refractivity contribution in [2.24, 2.45) is 5.92 Å². The second-order valence-corrected chi connectivity index (χ2v) is 12.9. The van der Waals surface area contributed by atoms with Crippen LogP contribution in [0.4, 0.5) is 15.9 Å². The van der Waals surface area contributed by atoms with Crippen LogP contribution in [-0.4, -0.2) is 72.6 Å². The SMILES string of the molecule is N#Cc1c(N)ccc2c1[C@@]1(Cc3nc(OCC45CCCN4C[C@H](F)C5)nc(N4CCCOCC4)c3CO1)C1CC2C1. The standard InChI is InChI=1S/C31H37FN6O3/c32-21-13-30(5-1-7-38(30)16-21)18-40-29-35-26-14-31(41-17-24(26)28(36-29)37-6-2-9-39-10-8-37)20-11-19(12-20)22-3-4-25(34)23(15-33)27(22)31/h3-4,19-21H,1-2,5-14,16-18,34H2/t19?,20?,21-,30?,31-/m1/s1. The summed E-state index contributed by atoms with van der Waals surface area (Å²) in [5.41, 5.74) is 10.5. The highest BCUT2D eigenvalue weighted by Gasteiger charge is 2.58. The summed E-state index contributed by atoms with van der Waals surface area (Å²) in [7, 11) is 0. The molecular formula is C31H37FN6O3. The molecule has 7 aliphatic rings. The van der Waals surface area contributed by atoms with Crippen LogP contribution in [0.5, 0.6) is 6.01 Å². The van der Waals surface area contributed by atoms with E-state index in [9.17, 15) is 9.65 Å². The fourth-order valence-corrected chi connectivity index (χ4v) is 8.65. The van der Waals surface area contributed by atoms with Crippen LogP contribution >= 0.6 is 0 Å². The molecule has 9 nitrogen and oxygen atoms in total. The molecule has 1 aromatic heterocycles. The topological polar surface area (TPSA) is 110 Å². The van der Waals surface area contributed by atoms with Crippen LogP contribution in [-0.2, 0) is 28.1 Å². The molecular weight excluding hydrogens is 523 g/mol. The van der Waals surface area contributed by atoms with E-state index in [0.29, 0.717) is 68.3 Å². The van der Waals surface area contributed by atoms with Crippen LogP contribution in [0.2, 0.25) is 0 Å². The molecule has 1 aromatic carbocycles. The van der Waals surface area contributed by atoms with E-state index in [-0.39, 0.29) is 5.54 Å². The van der Waals surface area contributed by atoms with E-state index in [1.807, 2.05) is 6.07 Å². The van der Waals surface area contributed by atoms with E-state index >= 15 is 0 Å². The van der Waals surface area contributed by atoms with Gasteiger partial charge in [-0.1, -0.05) is 6.07 Å². The van der Waals surface area contributed by atoms with Gasteiger partial charge in [-0.25, -0.2) is 4.39 Å². The van der Waals surface area contributed by atoms with Crippen molar-refractivity contribution in [1.82, 2.24) is 14.9 Å². The summed E-state index contributed by atoms with van der Waals surface area (Å²) < 4.78 is 33.5. The smallest absolute Gasteiger partial charge is 0.318 e. The fraction of sp³-hybridized carbons (Fsp3) is 0.645. The second-order valence-electron chi connectivity index (χ2n) is 12.9. The van der Waals surface area contributed by atoms with E-state index in [0.717, 1.165) is 81.0 Å². The summed E-state index contributed by atoms with van der Waals surface area (Å²) in [6.45, 7) is 5.09. The molecule has 5 heterocycles. The number of rotatable bonds is 4. The minimum atomic E-state index is -0.813. The van der Waals surface area contributed by atoms with Crippen molar-refractivity contribution in [1.29, 1.82) is 5.26 Å². The third kappa shape index (κ3) is 3.89. The lowest BCUT2D eigenvalue weighted by Gasteiger charge is -2.57. The Morgan fingerprint density at radius 3 is 2.95 bits per heavy atom. The van der Waals surface area contributed by atoms with Crippen LogP contribution in [0.3, 0.4) is 0 Å². The monoisotopic (exact) mass is 560 g/mol. The van der Waals surface area contributed by atoms with Crippen molar-refractivity contribution in [3.63, 3.8) is 0 Å². The molecule has 3 atom stereocenters. The summed E-state index contributed by atoms with van der Waals surface area (Å²) in [6, 6.07) is 6.70. The number of anilines is 2. The third-order valence-corrected chi connectivity index (χ3v) is 10.7. The molecule has 41 heavy (non-hydrogen) atoms. The van der Waals surface area contributed by atoms with Crippen molar-refractivity contribution in [3.8, 4) is 12.1 Å². The van der Waals surface area contributed by atoms with Crippen LogP contribution < -0.4 is 15.4 Å². The maximum absolute atomic E-state index is 14.4. The number of fused-ring (bicyclic) bond motifs is 2. The zero-order valence-electron chi connectivity index (χ0n) is 23.4. The Labute approximate surface area is 239 Å². The lowest BCUT2D eigenvalue weighted by molar-refractivity contribution is -0.151. The fourth-order valence-electron chi connectivity index (χ4n) is 8.65. The van der Waals surface area contributed by atoms with Crippen molar-refractivity contribution in [2.45, 2.75) is 74.8 Å². The number of nitrogens with zero attached hydrogens (tertiary/aromatic N) is 5. The van der Waals surface area contributed by atoms with Gasteiger partial charge in [0.2, 0.25) is 0 Å². The van der Waals surface area contributed by atoms with Crippen LogP contribution in [0.1, 0.15) is 72.4 Å². The quantitative estimate of drug-likeness (QED) is 0.561. The van der Waals surface area contributed by atoms with Gasteiger partial charge in [0.1, 0.15) is 30.3 Å². The first-order valence-electron chi connectivity index (χ1n) is 15.2. The minimum absolute atomic E-state index is 0.276. The van der Waals surface area contributed by atoms with Gasteiger partial charge in [0, 0.05) is 55.9 Å². The van der Waals surface area contributed by atoms with Crippen LogP contribution in [0, 0.1) is 17.2 Å². The molecule has 4 fully saturated rings. The molecule has 10 heteroatoms. The van der Waals surface area contributed by atoms with Crippen LogP contribution in [0.25, 0.3) is 0 Å². The number of hydrogen-bond donors (Lipinski definition) is 1. The average molecular weight is 561 g/mol. The zero-order chi connectivity index (χ0) is 27.8. The molecule has 3 saturated heterocycles. The maximum Gasteiger partial charge on any atom is 0.318 e. The Balaban J connectivity index is 1.19. The van der Waals surface area contributed by atoms with Crippen molar-refractivity contribution in [2.75, 3.05) is 56.6 Å². The molecule has 2 aromatic rings. The lowest BCUT2D eigenvalue weighted by Crippen LogP contribution is -2.53. The number of halogens is 1. The van der Waals surface area contributed by atoms with Gasteiger partial charge < -0.3 is 24.8 Å². The summed E-state index contributed by atoms with van der Waals surface area (Å²) in [5.74, 6) is 1.61. The first kappa shape index (κ1) is 25.7. The predicted molar refractivity (Wildman–Crippen MR) is 149 cm³/mol. The first-order chi connectivity index (χ1) is 20.0. The van der Waals surface area contributed by atoms with Gasteiger partial charge in [0.05, 0.1) is 30.0 Å². The minimum Gasteiger partial charge on any atom is -0.461 e. The van der Waals surface area contributed by atoms with Crippen molar-refractivity contribution < 1.29 is 18.6 Å². The zero-order valence-corrected chi connectivity index (χ0v) is 23.4. The largest absolute Gasteiger partial charge is 0.461 e. The Bertz CT molecular complexity index is 1420. The third-order valence-electron chi connectivity index (χ3n) is 10.7. The van der Waals surface area contributed by atoms with E-state index < -0.39 is 11.8 Å². The number of nitrogens with two attached hydrogens (primary N) is 1. The van der Waals surface area contributed by atoms with Gasteiger partial charge in [-0.15, -0.1) is 0 Å². The van der Waals surface area contributed by atoms with Gasteiger partial charge in [0.15, 0.2) is 0 Å². The lowest BCUT2D eigenvalue weighted by atomic mass is 9.53. The Morgan fingerprint density at radius 1 is 1.17 bits per heavy atom. The highest BCUT2D eigenvalue weighted by Crippen LogP contribution is 2.62. The number of nitrogen functional groups attached to an aromatic ring is 1. The summed E-state index contributed by atoms with van der Waals surface area (Å²) in [6.07, 6.45) is 5.24. The highest BCUT2D eigenvalue weighted by molar-refractivity contribution is 5.65. The van der Waals surface area contributed by atoms with E-state index in [1.165, 1.54) is 5.56 Å². The van der Waals surface area contributed by atoms with E-state index in [2.05, 4.69) is 21.9 Å². The summed E-state index contributed by atoms with van der Waals surface area (Å²) >= 11 is 0. The molecule has 4 aliphatic heterocycles. The summed E-state index contributed by atoms with van der Waals surface area (Å²) in [4.78, 5) is 14.5. The predicted octanol–water partition coefficient (Wildman–Crippen LogP) is 3.59. The number of alkyl halides is 1. The van der Waals surface area contributed by atoms with Gasteiger partial charge in [-0.05, 0) is 62.1 Å². The Morgan fingerprint density at radius 2 is 2.07 bits per heavy atom. The Hall–Kier alpha value is -3.00.